The van der Waals surface area contributed by atoms with E-state index in [9.17, 15) is 4.79 Å². The molecule has 0 bridgehead atoms. The summed E-state index contributed by atoms with van der Waals surface area (Å²) >= 11 is 0. The van der Waals surface area contributed by atoms with Crippen molar-refractivity contribution in [1.29, 1.82) is 0 Å². The van der Waals surface area contributed by atoms with Crippen molar-refractivity contribution in [1.82, 2.24) is 14.9 Å². The zero-order valence-corrected chi connectivity index (χ0v) is 16.3. The van der Waals surface area contributed by atoms with E-state index in [-0.39, 0.29) is 5.56 Å². The van der Waals surface area contributed by atoms with Crippen molar-refractivity contribution in [2.75, 3.05) is 19.7 Å². The van der Waals surface area contributed by atoms with Gasteiger partial charge in [0.2, 0.25) is 0 Å². The molecule has 1 aromatic carbocycles. The van der Waals surface area contributed by atoms with E-state index < -0.39 is 5.97 Å². The van der Waals surface area contributed by atoms with Gasteiger partial charge in [0.25, 0.3) is 0 Å². The molecule has 0 saturated heterocycles. The molecule has 2 aromatic heterocycles. The average molecular weight is 391 g/mol. The summed E-state index contributed by atoms with van der Waals surface area (Å²) in [5, 5.41) is 9.08. The van der Waals surface area contributed by atoms with Gasteiger partial charge in [0.05, 0.1) is 12.2 Å². The lowest BCUT2D eigenvalue weighted by atomic mass is 10.2. The van der Waals surface area contributed by atoms with E-state index in [1.807, 2.05) is 36.8 Å². The molecular formula is C23H25N3O3. The molecule has 0 radical (unpaired) electrons. The van der Waals surface area contributed by atoms with Crippen molar-refractivity contribution in [3.05, 3.63) is 90.0 Å². The lowest BCUT2D eigenvalue weighted by Crippen LogP contribution is -2.28. The van der Waals surface area contributed by atoms with Gasteiger partial charge in [0.1, 0.15) is 5.75 Å². The number of aromatic nitrogens is 2. The number of carboxylic acids is 1. The number of carbonyl (C=O) groups is 1. The molecule has 6 nitrogen and oxygen atoms in total. The molecule has 0 atom stereocenters. The molecular weight excluding hydrogens is 366 g/mol. The predicted molar refractivity (Wildman–Crippen MR) is 111 cm³/mol. The van der Waals surface area contributed by atoms with Crippen molar-refractivity contribution in [2.24, 2.45) is 0 Å². The Kier molecular flexibility index (Phi) is 7.72. The van der Waals surface area contributed by atoms with Crippen LogP contribution < -0.4 is 4.74 Å². The minimum atomic E-state index is -0.950. The first-order valence-corrected chi connectivity index (χ1v) is 9.67. The summed E-state index contributed by atoms with van der Waals surface area (Å²) in [7, 11) is 0. The quantitative estimate of drug-likeness (QED) is 0.503. The molecule has 0 unspecified atom stereocenters. The Morgan fingerprint density at radius 1 is 0.966 bits per heavy atom. The largest absolute Gasteiger partial charge is 0.494 e. The first-order chi connectivity index (χ1) is 14.2. The molecule has 0 amide bonds. The third-order valence-electron chi connectivity index (χ3n) is 4.56. The molecule has 0 aliphatic rings. The Bertz CT molecular complexity index is 888. The van der Waals surface area contributed by atoms with Crippen LogP contribution in [0.15, 0.2) is 73.3 Å². The van der Waals surface area contributed by atoms with Crippen molar-refractivity contribution >= 4 is 5.97 Å². The summed E-state index contributed by atoms with van der Waals surface area (Å²) in [6.07, 6.45) is 9.09. The van der Waals surface area contributed by atoms with Gasteiger partial charge in [-0.25, -0.2) is 4.79 Å². The lowest BCUT2D eigenvalue weighted by Gasteiger charge is -2.22. The van der Waals surface area contributed by atoms with E-state index >= 15 is 0 Å². The second-order valence-electron chi connectivity index (χ2n) is 6.78. The van der Waals surface area contributed by atoms with E-state index in [0.717, 1.165) is 32.5 Å². The topological polar surface area (TPSA) is 75.6 Å². The number of hydrogen-bond donors (Lipinski definition) is 1. The third-order valence-corrected chi connectivity index (χ3v) is 4.56. The number of hydrogen-bond acceptors (Lipinski definition) is 5. The Morgan fingerprint density at radius 3 is 2.59 bits per heavy atom. The van der Waals surface area contributed by atoms with Gasteiger partial charge in [-0.3, -0.25) is 14.9 Å². The third kappa shape index (κ3) is 7.01. The Hall–Kier alpha value is -3.25. The van der Waals surface area contributed by atoms with E-state index in [4.69, 9.17) is 9.84 Å². The first-order valence-electron chi connectivity index (χ1n) is 9.67. The summed E-state index contributed by atoms with van der Waals surface area (Å²) in [6, 6.07) is 14.7. The van der Waals surface area contributed by atoms with Crippen LogP contribution in [-0.2, 0) is 13.0 Å². The van der Waals surface area contributed by atoms with Gasteiger partial charge < -0.3 is 9.84 Å². The predicted octanol–water partition coefficient (Wildman–Crippen LogP) is 3.69. The van der Waals surface area contributed by atoms with Gasteiger partial charge in [0.15, 0.2) is 0 Å². The minimum Gasteiger partial charge on any atom is -0.494 e. The van der Waals surface area contributed by atoms with Crippen LogP contribution in [0.2, 0.25) is 0 Å². The van der Waals surface area contributed by atoms with E-state index in [0.29, 0.717) is 12.4 Å². The Morgan fingerprint density at radius 2 is 1.83 bits per heavy atom. The van der Waals surface area contributed by atoms with Crippen LogP contribution in [0.5, 0.6) is 5.75 Å². The highest BCUT2D eigenvalue weighted by Gasteiger charge is 2.08. The smallest absolute Gasteiger partial charge is 0.335 e. The van der Waals surface area contributed by atoms with Crippen molar-refractivity contribution < 1.29 is 14.6 Å². The van der Waals surface area contributed by atoms with Crippen molar-refractivity contribution in [3.8, 4) is 5.75 Å². The molecule has 3 rings (SSSR count). The Balaban J connectivity index is 1.52. The maximum atomic E-state index is 11.1. The molecule has 1 N–H and O–H groups in total. The number of ether oxygens (including phenoxy) is 1. The van der Waals surface area contributed by atoms with Crippen LogP contribution >= 0.6 is 0 Å². The summed E-state index contributed by atoms with van der Waals surface area (Å²) in [5.74, 6) is -0.365. The van der Waals surface area contributed by atoms with Gasteiger partial charge in [0, 0.05) is 44.4 Å². The number of rotatable bonds is 11. The second kappa shape index (κ2) is 10.9. The van der Waals surface area contributed by atoms with Crippen LogP contribution in [-0.4, -0.2) is 45.6 Å². The SMILES string of the molecule is O=C(O)c1cccc(OCCCN(CCc2cccnc2)Cc2ccncc2)c1. The van der Waals surface area contributed by atoms with Crippen LogP contribution in [0.3, 0.4) is 0 Å². The number of benzene rings is 1. The molecule has 6 heteroatoms. The molecule has 0 spiro atoms. The standard InChI is InChI=1S/C23H25N3O3/c27-23(28)21-5-1-6-22(16-21)29-15-3-13-26(18-20-7-11-24-12-8-20)14-9-19-4-2-10-25-17-19/h1-2,4-8,10-12,16-17H,3,9,13-15,18H2,(H,27,28). The second-order valence-corrected chi connectivity index (χ2v) is 6.78. The van der Waals surface area contributed by atoms with Gasteiger partial charge in [-0.2, -0.15) is 0 Å². The normalized spacial score (nSPS) is 10.8. The zero-order chi connectivity index (χ0) is 20.3. The number of nitrogens with zero attached hydrogens (tertiary/aromatic N) is 3. The zero-order valence-electron chi connectivity index (χ0n) is 16.3. The van der Waals surface area contributed by atoms with Gasteiger partial charge in [-0.15, -0.1) is 0 Å². The molecule has 0 aliphatic carbocycles. The minimum absolute atomic E-state index is 0.235. The summed E-state index contributed by atoms with van der Waals surface area (Å²) < 4.78 is 5.75. The number of pyridine rings is 2. The molecule has 3 aromatic rings. The van der Waals surface area contributed by atoms with Crippen molar-refractivity contribution in [2.45, 2.75) is 19.4 Å². The van der Waals surface area contributed by atoms with Crippen LogP contribution in [0.1, 0.15) is 27.9 Å². The number of aromatic carboxylic acids is 1. The van der Waals surface area contributed by atoms with Gasteiger partial charge in [-0.05, 0) is 60.4 Å². The number of carboxylic acid groups (broad SMARTS) is 1. The van der Waals surface area contributed by atoms with Gasteiger partial charge >= 0.3 is 5.97 Å². The highest BCUT2D eigenvalue weighted by atomic mass is 16.5. The fourth-order valence-electron chi connectivity index (χ4n) is 3.05. The van der Waals surface area contributed by atoms with Crippen LogP contribution in [0, 0.1) is 0 Å². The molecule has 29 heavy (non-hydrogen) atoms. The van der Waals surface area contributed by atoms with Crippen molar-refractivity contribution in [3.63, 3.8) is 0 Å². The Labute approximate surface area is 170 Å². The highest BCUT2D eigenvalue weighted by Crippen LogP contribution is 2.14. The molecule has 2 heterocycles. The monoisotopic (exact) mass is 391 g/mol. The molecule has 150 valence electrons. The van der Waals surface area contributed by atoms with E-state index in [1.165, 1.54) is 11.1 Å². The highest BCUT2D eigenvalue weighted by molar-refractivity contribution is 5.87. The average Bonchev–Trinajstić information content (AvgIpc) is 2.76. The maximum Gasteiger partial charge on any atom is 0.335 e. The van der Waals surface area contributed by atoms with Crippen LogP contribution in [0.4, 0.5) is 0 Å². The van der Waals surface area contributed by atoms with E-state index in [2.05, 4.69) is 20.9 Å². The lowest BCUT2D eigenvalue weighted by molar-refractivity contribution is 0.0696. The molecule has 0 saturated carbocycles. The molecule has 0 aliphatic heterocycles. The molecule has 0 fully saturated rings. The van der Waals surface area contributed by atoms with Crippen LogP contribution in [0.25, 0.3) is 0 Å². The van der Waals surface area contributed by atoms with Gasteiger partial charge in [-0.1, -0.05) is 12.1 Å². The fourth-order valence-corrected chi connectivity index (χ4v) is 3.05. The van der Waals surface area contributed by atoms with E-state index in [1.54, 1.807) is 30.5 Å². The summed E-state index contributed by atoms with van der Waals surface area (Å²) in [6.45, 7) is 3.17. The first kappa shape index (κ1) is 20.5. The fraction of sp³-hybridized carbons (Fsp3) is 0.261. The summed E-state index contributed by atoms with van der Waals surface area (Å²) in [4.78, 5) is 21.7. The maximum absolute atomic E-state index is 11.1. The summed E-state index contributed by atoms with van der Waals surface area (Å²) in [5.41, 5.74) is 2.67.